The second-order valence-corrected chi connectivity index (χ2v) is 6.52. The standard InChI is InChI=1S/C18H32N4O3.HI/c1-5-14(6-2)17-9-16(25-22-17)10-20-18(19-4)21-13(3)11-24-15-7-8-23-12-15;/h9,13-15H,5-8,10-12H2,1-4H3,(H2,19,20,21);1H. The Hall–Kier alpha value is -0.870. The molecule has 150 valence electrons. The molecule has 0 aliphatic carbocycles. The van der Waals surface area contributed by atoms with Crippen molar-refractivity contribution in [3.05, 3.63) is 17.5 Å². The second-order valence-electron chi connectivity index (χ2n) is 6.52. The van der Waals surface area contributed by atoms with Gasteiger partial charge in [0.2, 0.25) is 0 Å². The Morgan fingerprint density at radius 2 is 2.19 bits per heavy atom. The highest BCUT2D eigenvalue weighted by molar-refractivity contribution is 14.0. The predicted octanol–water partition coefficient (Wildman–Crippen LogP) is 3.06. The Bertz CT molecular complexity index is 528. The Labute approximate surface area is 173 Å². The molecule has 0 bridgehead atoms. The van der Waals surface area contributed by atoms with Gasteiger partial charge in [-0.1, -0.05) is 19.0 Å². The molecular formula is C18H33IN4O3. The smallest absolute Gasteiger partial charge is 0.191 e. The van der Waals surface area contributed by atoms with E-state index in [1.807, 2.05) is 6.07 Å². The van der Waals surface area contributed by atoms with Crippen LogP contribution in [0.25, 0.3) is 0 Å². The lowest BCUT2D eigenvalue weighted by molar-refractivity contribution is 0.0347. The van der Waals surface area contributed by atoms with Crippen molar-refractivity contribution in [3.8, 4) is 0 Å². The highest BCUT2D eigenvalue weighted by Gasteiger charge is 2.17. The van der Waals surface area contributed by atoms with Crippen molar-refractivity contribution in [2.45, 2.75) is 64.6 Å². The van der Waals surface area contributed by atoms with E-state index in [1.165, 1.54) is 0 Å². The summed E-state index contributed by atoms with van der Waals surface area (Å²) in [7, 11) is 1.75. The van der Waals surface area contributed by atoms with Gasteiger partial charge in [-0.05, 0) is 26.2 Å². The number of aliphatic imine (C=N–C) groups is 1. The predicted molar refractivity (Wildman–Crippen MR) is 113 cm³/mol. The van der Waals surface area contributed by atoms with Crippen LogP contribution in [0.3, 0.4) is 0 Å². The number of nitrogens with zero attached hydrogens (tertiary/aromatic N) is 2. The van der Waals surface area contributed by atoms with Crippen LogP contribution >= 0.6 is 24.0 Å². The van der Waals surface area contributed by atoms with Gasteiger partial charge in [0.25, 0.3) is 0 Å². The van der Waals surface area contributed by atoms with Gasteiger partial charge in [-0.25, -0.2) is 0 Å². The first kappa shape index (κ1) is 23.2. The molecule has 2 rings (SSSR count). The van der Waals surface area contributed by atoms with Gasteiger partial charge in [-0.3, -0.25) is 4.99 Å². The van der Waals surface area contributed by atoms with Gasteiger partial charge in [-0.2, -0.15) is 0 Å². The van der Waals surface area contributed by atoms with Crippen LogP contribution in [0.15, 0.2) is 15.6 Å². The van der Waals surface area contributed by atoms with Crippen LogP contribution < -0.4 is 10.6 Å². The summed E-state index contributed by atoms with van der Waals surface area (Å²) in [5.74, 6) is 2.00. The molecule has 0 saturated carbocycles. The first-order valence-corrected chi connectivity index (χ1v) is 9.28. The number of guanidine groups is 1. The molecule has 8 heteroatoms. The minimum absolute atomic E-state index is 0. The third-order valence-electron chi connectivity index (χ3n) is 4.49. The van der Waals surface area contributed by atoms with Gasteiger partial charge >= 0.3 is 0 Å². The minimum atomic E-state index is 0. The molecule has 1 aromatic rings. The van der Waals surface area contributed by atoms with Crippen LogP contribution in [0.2, 0.25) is 0 Å². The van der Waals surface area contributed by atoms with E-state index in [-0.39, 0.29) is 36.1 Å². The van der Waals surface area contributed by atoms with E-state index in [2.05, 4.69) is 41.6 Å². The number of halogens is 1. The lowest BCUT2D eigenvalue weighted by Crippen LogP contribution is -2.44. The van der Waals surface area contributed by atoms with E-state index in [9.17, 15) is 0 Å². The lowest BCUT2D eigenvalue weighted by Gasteiger charge is -2.19. The molecule has 1 aliphatic rings. The topological polar surface area (TPSA) is 80.9 Å². The summed E-state index contributed by atoms with van der Waals surface area (Å²) in [5, 5.41) is 10.8. The quantitative estimate of drug-likeness (QED) is 0.321. The summed E-state index contributed by atoms with van der Waals surface area (Å²) in [6, 6.07) is 2.19. The maximum Gasteiger partial charge on any atom is 0.191 e. The fourth-order valence-electron chi connectivity index (χ4n) is 2.88. The summed E-state index contributed by atoms with van der Waals surface area (Å²) in [5.41, 5.74) is 1.03. The van der Waals surface area contributed by atoms with Crippen molar-refractivity contribution in [2.24, 2.45) is 4.99 Å². The van der Waals surface area contributed by atoms with Gasteiger partial charge in [0.15, 0.2) is 11.7 Å². The molecule has 7 nitrogen and oxygen atoms in total. The Morgan fingerprint density at radius 3 is 2.81 bits per heavy atom. The molecule has 2 N–H and O–H groups in total. The number of ether oxygens (including phenoxy) is 2. The Morgan fingerprint density at radius 1 is 1.42 bits per heavy atom. The minimum Gasteiger partial charge on any atom is -0.379 e. The van der Waals surface area contributed by atoms with Crippen LogP contribution in [0.5, 0.6) is 0 Å². The third kappa shape index (κ3) is 7.40. The summed E-state index contributed by atoms with van der Waals surface area (Å²) >= 11 is 0. The molecule has 2 unspecified atom stereocenters. The van der Waals surface area contributed by atoms with E-state index >= 15 is 0 Å². The maximum atomic E-state index is 5.83. The van der Waals surface area contributed by atoms with Crippen LogP contribution in [0.4, 0.5) is 0 Å². The molecule has 26 heavy (non-hydrogen) atoms. The fraction of sp³-hybridized carbons (Fsp3) is 0.778. The Balaban J connectivity index is 0.00000338. The van der Waals surface area contributed by atoms with Crippen LogP contribution in [0.1, 0.15) is 57.4 Å². The molecule has 0 amide bonds. The summed E-state index contributed by atoms with van der Waals surface area (Å²) in [6.45, 7) is 9.09. The van der Waals surface area contributed by atoms with Gasteiger partial charge < -0.3 is 24.6 Å². The first-order chi connectivity index (χ1) is 12.2. The monoisotopic (exact) mass is 480 g/mol. The van der Waals surface area contributed by atoms with E-state index in [1.54, 1.807) is 7.05 Å². The summed E-state index contributed by atoms with van der Waals surface area (Å²) in [6.07, 6.45) is 3.34. The fourth-order valence-corrected chi connectivity index (χ4v) is 2.88. The zero-order valence-corrected chi connectivity index (χ0v) is 18.6. The SMILES string of the molecule is CCC(CC)c1cc(CNC(=NC)NC(C)COC2CCOC2)on1.I. The zero-order chi connectivity index (χ0) is 18.1. The largest absolute Gasteiger partial charge is 0.379 e. The molecular weight excluding hydrogens is 447 g/mol. The van der Waals surface area contributed by atoms with E-state index < -0.39 is 0 Å². The molecule has 2 heterocycles. The molecule has 1 aliphatic heterocycles. The van der Waals surface area contributed by atoms with Gasteiger partial charge in [0.1, 0.15) is 0 Å². The van der Waals surface area contributed by atoms with Crippen molar-refractivity contribution in [2.75, 3.05) is 26.9 Å². The summed E-state index contributed by atoms with van der Waals surface area (Å²) < 4.78 is 16.6. The first-order valence-electron chi connectivity index (χ1n) is 9.28. The number of hydrogen-bond acceptors (Lipinski definition) is 5. The van der Waals surface area contributed by atoms with E-state index in [0.717, 1.165) is 43.3 Å². The number of hydrogen-bond donors (Lipinski definition) is 2. The van der Waals surface area contributed by atoms with Crippen molar-refractivity contribution < 1.29 is 14.0 Å². The molecule has 1 saturated heterocycles. The van der Waals surface area contributed by atoms with E-state index in [4.69, 9.17) is 14.0 Å². The third-order valence-corrected chi connectivity index (χ3v) is 4.49. The molecule has 0 radical (unpaired) electrons. The highest BCUT2D eigenvalue weighted by atomic mass is 127. The summed E-state index contributed by atoms with van der Waals surface area (Å²) in [4.78, 5) is 4.25. The molecule has 1 aromatic heterocycles. The van der Waals surface area contributed by atoms with Crippen molar-refractivity contribution >= 4 is 29.9 Å². The number of aromatic nitrogens is 1. The number of nitrogens with one attached hydrogen (secondary N) is 2. The number of rotatable bonds is 9. The lowest BCUT2D eigenvalue weighted by atomic mass is 9.99. The normalized spacial score (nSPS) is 18.7. The molecule has 0 spiro atoms. The van der Waals surface area contributed by atoms with Crippen LogP contribution in [-0.2, 0) is 16.0 Å². The average Bonchev–Trinajstić information content (AvgIpc) is 3.30. The molecule has 0 aromatic carbocycles. The van der Waals surface area contributed by atoms with Crippen molar-refractivity contribution in [1.29, 1.82) is 0 Å². The van der Waals surface area contributed by atoms with Gasteiger partial charge in [0.05, 0.1) is 31.6 Å². The van der Waals surface area contributed by atoms with Gasteiger partial charge in [0, 0.05) is 31.7 Å². The van der Waals surface area contributed by atoms with E-state index in [0.29, 0.717) is 25.7 Å². The zero-order valence-electron chi connectivity index (χ0n) is 16.3. The Kier molecular flexibility index (Phi) is 11.1. The van der Waals surface area contributed by atoms with Gasteiger partial charge in [-0.15, -0.1) is 24.0 Å². The van der Waals surface area contributed by atoms with Crippen LogP contribution in [-0.4, -0.2) is 50.1 Å². The van der Waals surface area contributed by atoms with Crippen molar-refractivity contribution in [1.82, 2.24) is 15.8 Å². The highest BCUT2D eigenvalue weighted by Crippen LogP contribution is 2.22. The van der Waals surface area contributed by atoms with Crippen LogP contribution in [0, 0.1) is 0 Å². The van der Waals surface area contributed by atoms with Crippen molar-refractivity contribution in [3.63, 3.8) is 0 Å². The molecule has 1 fully saturated rings. The maximum absolute atomic E-state index is 5.83. The molecule has 2 atom stereocenters. The average molecular weight is 480 g/mol. The second kappa shape index (κ2) is 12.5.